The van der Waals surface area contributed by atoms with Gasteiger partial charge in [0, 0.05) is 22.1 Å². The zero-order valence-corrected chi connectivity index (χ0v) is 43.5. The average molecular weight is 1070 g/mol. The van der Waals surface area contributed by atoms with E-state index >= 15 is 4.79 Å². The van der Waals surface area contributed by atoms with Crippen LogP contribution in [0.3, 0.4) is 0 Å². The van der Waals surface area contributed by atoms with Crippen molar-refractivity contribution in [1.82, 2.24) is 15.2 Å². The van der Waals surface area contributed by atoms with Crippen LogP contribution in [0, 0.1) is 0 Å². The maximum absolute atomic E-state index is 15.3. The molecule has 3 heterocycles. The summed E-state index contributed by atoms with van der Waals surface area (Å²) in [5.74, 6) is -2.36. The molecule has 2 aliphatic heterocycles. The molecule has 0 bridgehead atoms. The van der Waals surface area contributed by atoms with Gasteiger partial charge in [0.1, 0.15) is 35.0 Å². The number of oxime groups is 1. The van der Waals surface area contributed by atoms with Crippen LogP contribution in [0.5, 0.6) is 5.75 Å². The molecule has 0 spiro atoms. The summed E-state index contributed by atoms with van der Waals surface area (Å²) in [4.78, 5) is 56.7. The van der Waals surface area contributed by atoms with E-state index in [1.54, 1.807) is 29.6 Å². The van der Waals surface area contributed by atoms with Crippen LogP contribution in [0.25, 0.3) is 0 Å². The van der Waals surface area contributed by atoms with E-state index in [4.69, 9.17) is 28.6 Å². The number of amides is 2. The molecule has 2 aliphatic rings. The fourth-order valence-corrected chi connectivity index (χ4v) is 11.9. The highest BCUT2D eigenvalue weighted by Crippen LogP contribution is 2.44. The van der Waals surface area contributed by atoms with Crippen LogP contribution in [0.4, 0.5) is 5.13 Å². The number of rotatable bonds is 19. The molecular weight excluding hydrogens is 1020 g/mol. The van der Waals surface area contributed by atoms with Crippen molar-refractivity contribution in [3.05, 3.63) is 268 Å². The van der Waals surface area contributed by atoms with E-state index in [1.807, 2.05) is 182 Å². The van der Waals surface area contributed by atoms with Gasteiger partial charge in [-0.15, -0.1) is 23.1 Å². The molecule has 7 aromatic carbocycles. The Labute approximate surface area is 448 Å². The summed E-state index contributed by atoms with van der Waals surface area (Å²) < 4.78 is 41.1. The zero-order chi connectivity index (χ0) is 52.7. The molecule has 2 N–H and O–H groups in total. The lowest BCUT2D eigenvalue weighted by molar-refractivity contribution is -0.153. The second-order valence-electron chi connectivity index (χ2n) is 17.7. The number of thioether (sulfide) groups is 1. The molecule has 0 aliphatic carbocycles. The SMILES string of the molecule is COc1ccc(COC(=O)C2=C(OS(C)(=O)=O)CS[C@@H]3[C@H](NC(=O)/C(=N\OC(c4ccccc4)(c4ccccc4)c4ccccc4)c4csc(NC(c5ccccc5)(c5ccccc5)c5ccccc5)n4)C(=O)N23)cc1. The summed E-state index contributed by atoms with van der Waals surface area (Å²) in [7, 11) is -2.62. The van der Waals surface area contributed by atoms with Gasteiger partial charge < -0.3 is 29.1 Å². The first-order valence-corrected chi connectivity index (χ1v) is 27.7. The molecule has 0 radical (unpaired) electrons. The van der Waals surface area contributed by atoms with Crippen LogP contribution in [-0.4, -0.2) is 72.3 Å². The molecule has 2 amide bonds. The lowest BCUT2D eigenvalue weighted by atomic mass is 9.77. The van der Waals surface area contributed by atoms with Gasteiger partial charge in [-0.1, -0.05) is 199 Å². The molecule has 14 nitrogen and oxygen atoms in total. The number of anilines is 1. The fraction of sp³-hybridized carbons (Fsp3) is 0.136. The first-order chi connectivity index (χ1) is 37.0. The van der Waals surface area contributed by atoms with Crippen LogP contribution in [0.1, 0.15) is 44.6 Å². The summed E-state index contributed by atoms with van der Waals surface area (Å²) in [6, 6.07) is 64.2. The smallest absolute Gasteiger partial charge is 0.359 e. The highest BCUT2D eigenvalue weighted by molar-refractivity contribution is 8.00. The predicted molar refractivity (Wildman–Crippen MR) is 293 cm³/mol. The number of aromatic nitrogens is 1. The highest BCUT2D eigenvalue weighted by Gasteiger charge is 2.56. The molecule has 1 fully saturated rings. The van der Waals surface area contributed by atoms with Crippen molar-refractivity contribution in [2.45, 2.75) is 29.2 Å². The monoisotopic (exact) mass is 1070 g/mol. The number of esters is 1. The third-order valence-electron chi connectivity index (χ3n) is 12.9. The van der Waals surface area contributed by atoms with Crippen molar-refractivity contribution in [3.8, 4) is 5.75 Å². The Morgan fingerprint density at radius 3 is 1.63 bits per heavy atom. The fourth-order valence-electron chi connectivity index (χ4n) is 9.35. The van der Waals surface area contributed by atoms with E-state index in [1.165, 1.54) is 18.4 Å². The van der Waals surface area contributed by atoms with Crippen LogP contribution in [-0.2, 0) is 56.0 Å². The summed E-state index contributed by atoms with van der Waals surface area (Å²) in [5.41, 5.74) is 2.62. The van der Waals surface area contributed by atoms with Gasteiger partial charge in [0.25, 0.3) is 11.8 Å². The standard InChI is InChI=1S/C59H49N5O9S3/c1-70-47-35-33-40(34-36-47)37-71-56(67)52-49(72-76(2,68)69)39-74-55-51(54(66)64(52)55)61-53(65)50(63-73-59(44-27-15-6-16-28-44,45-29-17-7-18-30-45)46-31-19-8-20-32-46)48-38-75-57(60-48)62-58(41-21-9-3-10-22-41,42-23-11-4-12-24-42)43-25-13-5-14-26-43/h3-36,38,51,55H,37,39H2,1-2H3,(H,60,62)(H,61,65)/b63-50-/t51-,55-/m1/s1. The van der Waals surface area contributed by atoms with Crippen molar-refractivity contribution in [1.29, 1.82) is 0 Å². The van der Waals surface area contributed by atoms with Crippen LogP contribution < -0.4 is 15.4 Å². The van der Waals surface area contributed by atoms with E-state index in [9.17, 15) is 18.0 Å². The zero-order valence-electron chi connectivity index (χ0n) is 41.0. The maximum Gasteiger partial charge on any atom is 0.359 e. The molecule has 1 aromatic heterocycles. The van der Waals surface area contributed by atoms with E-state index in [0.29, 0.717) is 33.1 Å². The van der Waals surface area contributed by atoms with Crippen LogP contribution in [0.2, 0.25) is 0 Å². The topological polar surface area (TPSA) is 175 Å². The normalized spacial score (nSPS) is 15.7. The third kappa shape index (κ3) is 10.3. The number of ether oxygens (including phenoxy) is 2. The first kappa shape index (κ1) is 51.0. The number of nitrogens with zero attached hydrogens (tertiary/aromatic N) is 3. The van der Waals surface area contributed by atoms with Gasteiger partial charge >= 0.3 is 16.1 Å². The molecular formula is C59H49N5O9S3. The summed E-state index contributed by atoms with van der Waals surface area (Å²) >= 11 is 2.36. The largest absolute Gasteiger partial charge is 0.497 e. The minimum atomic E-state index is -4.15. The van der Waals surface area contributed by atoms with Gasteiger partial charge in [0.2, 0.25) is 5.60 Å². The molecule has 10 rings (SSSR count). The Morgan fingerprint density at radius 1 is 0.697 bits per heavy atom. The lowest BCUT2D eigenvalue weighted by Gasteiger charge is -2.49. The summed E-state index contributed by atoms with van der Waals surface area (Å²) in [6.45, 7) is -0.206. The van der Waals surface area contributed by atoms with E-state index in [0.717, 1.165) is 39.6 Å². The molecule has 382 valence electrons. The minimum absolute atomic E-state index is 0.127. The lowest BCUT2D eigenvalue weighted by Crippen LogP contribution is -2.71. The van der Waals surface area contributed by atoms with Crippen molar-refractivity contribution in [3.63, 3.8) is 0 Å². The molecule has 2 atom stereocenters. The number of hydrogen-bond acceptors (Lipinski definition) is 14. The van der Waals surface area contributed by atoms with Gasteiger partial charge in [-0.2, -0.15) is 8.42 Å². The number of carbonyl (C=O) groups excluding carboxylic acids is 3. The van der Waals surface area contributed by atoms with Crippen LogP contribution in [0.15, 0.2) is 228 Å². The Kier molecular flexibility index (Phi) is 14.9. The number of methoxy groups -OCH3 is 1. The molecule has 0 saturated carbocycles. The van der Waals surface area contributed by atoms with Gasteiger partial charge in [-0.25, -0.2) is 9.78 Å². The average Bonchev–Trinajstić information content (AvgIpc) is 3.95. The molecule has 1 saturated heterocycles. The number of thiazole rings is 1. The predicted octanol–water partition coefficient (Wildman–Crippen LogP) is 9.60. The van der Waals surface area contributed by atoms with Crippen LogP contribution >= 0.6 is 23.1 Å². The molecule has 8 aromatic rings. The van der Waals surface area contributed by atoms with Gasteiger partial charge in [-0.05, 0) is 34.4 Å². The molecule has 0 unspecified atom stereocenters. The Balaban J connectivity index is 1.04. The van der Waals surface area contributed by atoms with Gasteiger partial charge in [0.15, 0.2) is 22.3 Å². The molecule has 17 heteroatoms. The number of carbonyl (C=O) groups is 3. The second-order valence-corrected chi connectivity index (χ2v) is 21.2. The van der Waals surface area contributed by atoms with Crippen molar-refractivity contribution in [2.75, 3.05) is 24.4 Å². The second kappa shape index (κ2) is 22.1. The highest BCUT2D eigenvalue weighted by atomic mass is 32.2. The Morgan fingerprint density at radius 2 is 1.17 bits per heavy atom. The molecule has 76 heavy (non-hydrogen) atoms. The quantitative estimate of drug-likeness (QED) is 0.0196. The van der Waals surface area contributed by atoms with E-state index in [2.05, 4.69) is 10.6 Å². The number of fused-ring (bicyclic) bond motifs is 1. The minimum Gasteiger partial charge on any atom is -0.497 e. The summed E-state index contributed by atoms with van der Waals surface area (Å²) in [6.07, 6.45) is 0.841. The third-order valence-corrected chi connectivity index (χ3v) is 15.4. The Hall–Kier alpha value is -8.51. The first-order valence-electron chi connectivity index (χ1n) is 24.0. The van der Waals surface area contributed by atoms with E-state index in [-0.39, 0.29) is 35.2 Å². The Bertz CT molecular complexity index is 3320. The van der Waals surface area contributed by atoms with Crippen molar-refractivity contribution >= 4 is 61.8 Å². The van der Waals surface area contributed by atoms with Crippen molar-refractivity contribution < 1.29 is 41.3 Å². The van der Waals surface area contributed by atoms with Gasteiger partial charge in [0.05, 0.1) is 19.1 Å². The number of hydrogen-bond donors (Lipinski definition) is 2. The maximum atomic E-state index is 15.3. The van der Waals surface area contributed by atoms with Crippen molar-refractivity contribution in [2.24, 2.45) is 5.16 Å². The number of benzene rings is 7. The van der Waals surface area contributed by atoms with Gasteiger partial charge in [-0.3, -0.25) is 14.5 Å². The summed E-state index contributed by atoms with van der Waals surface area (Å²) in [5, 5.41) is 12.7. The number of β-lactam (4-membered cyclic amide) rings is 1. The number of nitrogens with one attached hydrogen (secondary N) is 2. The van der Waals surface area contributed by atoms with E-state index < -0.39 is 50.5 Å².